The van der Waals surface area contributed by atoms with Gasteiger partial charge in [0.1, 0.15) is 34.9 Å². The van der Waals surface area contributed by atoms with E-state index in [0.717, 1.165) is 97.1 Å². The molecule has 0 saturated carbocycles. The third kappa shape index (κ3) is 19.6. The maximum absolute atomic E-state index is 13.9. The molecule has 0 bridgehead atoms. The fourth-order valence-corrected chi connectivity index (χ4v) is 14.4. The van der Waals surface area contributed by atoms with Crippen molar-refractivity contribution < 1.29 is 50.3 Å². The average molecular weight is 1600 g/mol. The highest BCUT2D eigenvalue weighted by molar-refractivity contribution is 6.23. The summed E-state index contributed by atoms with van der Waals surface area (Å²) < 4.78 is 81.0. The molecule has 600 valence electrons. The lowest BCUT2D eigenvalue weighted by Crippen LogP contribution is -2.46. The maximum Gasteiger partial charge on any atom is 0.326 e. The summed E-state index contributed by atoms with van der Waals surface area (Å²) >= 11 is 0. The molecule has 4 aliphatic heterocycles. The average Bonchev–Trinajstić information content (AvgIpc) is 1.64. The Morgan fingerprint density at radius 1 is 0.370 bits per heavy atom. The minimum absolute atomic E-state index is 0.120. The number of hydrogen-bond acceptors (Lipinski definition) is 11. The summed E-state index contributed by atoms with van der Waals surface area (Å²) in [6, 6.07) is 72.8. The Morgan fingerprint density at radius 2 is 0.689 bits per heavy atom. The van der Waals surface area contributed by atoms with E-state index in [2.05, 4.69) is 55.0 Å². The van der Waals surface area contributed by atoms with Crippen LogP contribution in [0.2, 0.25) is 0 Å². The molecule has 0 unspecified atom stereocenters. The lowest BCUT2D eigenvalue weighted by atomic mass is 10.00. The van der Waals surface area contributed by atoms with Crippen molar-refractivity contribution in [2.75, 3.05) is 60.5 Å². The Labute approximate surface area is 684 Å². The van der Waals surface area contributed by atoms with Crippen LogP contribution in [0.15, 0.2) is 288 Å². The van der Waals surface area contributed by atoms with Crippen LogP contribution in [0.25, 0.3) is 0 Å². The topological polar surface area (TPSA) is 213 Å². The summed E-state index contributed by atoms with van der Waals surface area (Å²) in [6.45, 7) is 13.9. The van der Waals surface area contributed by atoms with Gasteiger partial charge >= 0.3 is 12.1 Å². The summed E-state index contributed by atoms with van der Waals surface area (Å²) in [5.41, 5.74) is 20.7. The second-order valence-electron chi connectivity index (χ2n) is 28.9. The lowest BCUT2D eigenvalue weighted by Gasteiger charge is -2.34. The molecule has 0 spiro atoms. The van der Waals surface area contributed by atoms with E-state index in [4.69, 9.17) is 20.7 Å². The first-order valence-electron chi connectivity index (χ1n) is 38.9. The van der Waals surface area contributed by atoms with Gasteiger partial charge < -0.3 is 41.7 Å². The minimum atomic E-state index is -0.715. The number of aliphatic imine (C=N–C) groups is 3. The van der Waals surface area contributed by atoms with Crippen LogP contribution in [0, 0.1) is 34.9 Å². The number of anilines is 6. The van der Waals surface area contributed by atoms with Crippen LogP contribution in [-0.4, -0.2) is 109 Å². The van der Waals surface area contributed by atoms with Gasteiger partial charge in [-0.25, -0.2) is 50.9 Å². The quantitative estimate of drug-likeness (QED) is 0.0520. The van der Waals surface area contributed by atoms with Crippen LogP contribution >= 0.6 is 0 Å². The third-order valence-corrected chi connectivity index (χ3v) is 20.5. The number of benzene rings is 12. The number of piperazine rings is 1. The number of primary amides is 1. The summed E-state index contributed by atoms with van der Waals surface area (Å²) in [6.07, 6.45) is 0.964. The summed E-state index contributed by atoms with van der Waals surface area (Å²) in [5, 5.41) is 11.5. The van der Waals surface area contributed by atoms with Crippen molar-refractivity contribution >= 4 is 98.1 Å². The number of amides is 7. The van der Waals surface area contributed by atoms with Gasteiger partial charge in [-0.2, -0.15) is 0 Å². The molecule has 1 saturated heterocycles. The predicted octanol–water partition coefficient (Wildman–Crippen LogP) is 18.8. The number of nitrogens with one attached hydrogen (secondary N) is 4. The number of carbonyl (C=O) groups excluding carboxylic acids is 5. The monoisotopic (exact) mass is 1600 g/mol. The van der Waals surface area contributed by atoms with Gasteiger partial charge in [-0.3, -0.25) is 24.2 Å². The number of nitrogens with zero attached hydrogens (tertiary/aromatic N) is 8. The summed E-state index contributed by atoms with van der Waals surface area (Å²) in [7, 11) is 0. The molecule has 6 N–H and O–H groups in total. The van der Waals surface area contributed by atoms with E-state index in [-0.39, 0.29) is 84.3 Å². The first kappa shape index (κ1) is 81.5. The number of para-hydroxylation sites is 3. The van der Waals surface area contributed by atoms with Gasteiger partial charge in [0, 0.05) is 108 Å². The molecule has 12 aromatic rings. The van der Waals surface area contributed by atoms with Crippen molar-refractivity contribution in [2.45, 2.75) is 52.9 Å². The highest BCUT2D eigenvalue weighted by atomic mass is 19.1. The molecular formula is C95H83F6N13O5. The zero-order valence-corrected chi connectivity index (χ0v) is 65.3. The summed E-state index contributed by atoms with van der Waals surface area (Å²) in [5.74, 6) is -3.05. The zero-order chi connectivity index (χ0) is 83.2. The van der Waals surface area contributed by atoms with E-state index < -0.39 is 6.03 Å². The van der Waals surface area contributed by atoms with E-state index in [0.29, 0.717) is 90.2 Å². The van der Waals surface area contributed by atoms with Crippen molar-refractivity contribution in [1.82, 2.24) is 31.1 Å². The van der Waals surface area contributed by atoms with Crippen molar-refractivity contribution in [3.8, 4) is 0 Å². The molecule has 4 aliphatic rings. The molecule has 16 rings (SSSR count). The SMILES string of the molecule is CC(C)NC(=O)N1c2ccc(C(=O)NCc3ccc(F)cc3)cc2N=C(c2ccc(F)cc2)c2ccccc21.CCN1CCN(CCCN2c3ccc(C(=O)NCc4ccc(F)cc4)cc3N=C(c3ccc(F)cc3)c3ccccc32)CC1.NC(=O)N1c2ccc(C(=O)NCc3ccc(F)cc3)cc2N=C(c2ccc(F)cc2)c2ccccc21. The molecule has 12 aromatic carbocycles. The third-order valence-electron chi connectivity index (χ3n) is 20.5. The smallest absolute Gasteiger partial charge is 0.326 e. The number of hydrogen-bond donors (Lipinski definition) is 5. The van der Waals surface area contributed by atoms with Crippen LogP contribution in [0.3, 0.4) is 0 Å². The van der Waals surface area contributed by atoms with Gasteiger partial charge in [0.2, 0.25) is 0 Å². The summed E-state index contributed by atoms with van der Waals surface area (Å²) in [4.78, 5) is 90.3. The second-order valence-corrected chi connectivity index (χ2v) is 28.9. The van der Waals surface area contributed by atoms with Crippen molar-refractivity contribution in [3.05, 3.63) is 375 Å². The molecule has 0 radical (unpaired) electrons. The standard InChI is InChI=1S/C36H37F2N5O.C31H26F2N4O2.C28H20F2N4O2/c1-2-41-20-22-42(23-21-41)18-5-19-43-33-7-4-3-6-31(33)35(27-10-15-30(38)16-11-27)40-32-24-28(12-17-34(32)43)36(44)39-25-26-8-13-29(37)14-9-26;1-19(2)35-31(39)37-27-6-4-3-5-25(27)29(21-9-14-24(33)15-10-21)36-26-17-22(11-16-28(26)37)30(38)34-18-20-7-12-23(32)13-8-20;29-20-10-5-17(6-11-20)16-32-27(35)19-9-14-25-23(15-19)33-26(18-7-12-21(30)13-8-18)22-3-1-2-4-24(22)34(25)28(31)36/h3-4,6-17,24H,2,5,18-23,25H2,1H3,(H,39,44);3-17,19H,18H2,1-2H3,(H,34,38)(H,35,39);1-15H,16H2,(H2,31,36)(H,32,35). The van der Waals surface area contributed by atoms with Gasteiger partial charge in [0.25, 0.3) is 17.7 Å². The number of urea groups is 2. The molecular weight excluding hydrogens is 1520 g/mol. The van der Waals surface area contributed by atoms with Crippen molar-refractivity contribution in [2.24, 2.45) is 20.7 Å². The van der Waals surface area contributed by atoms with Gasteiger partial charge in [-0.1, -0.05) is 97.9 Å². The van der Waals surface area contributed by atoms with E-state index in [1.165, 1.54) is 77.7 Å². The second kappa shape index (κ2) is 37.2. The number of nitrogens with two attached hydrogens (primary N) is 1. The van der Waals surface area contributed by atoms with Crippen LogP contribution in [-0.2, 0) is 19.6 Å². The number of fused-ring (bicyclic) bond motifs is 6. The lowest BCUT2D eigenvalue weighted by molar-refractivity contribution is 0.0943. The Hall–Kier alpha value is -14.1. The van der Waals surface area contributed by atoms with E-state index in [1.54, 1.807) is 138 Å². The normalized spacial score (nSPS) is 13.3. The van der Waals surface area contributed by atoms with E-state index in [9.17, 15) is 50.3 Å². The highest BCUT2D eigenvalue weighted by Gasteiger charge is 2.32. The Balaban J connectivity index is 0.000000147. The first-order valence-corrected chi connectivity index (χ1v) is 38.9. The molecule has 18 nitrogen and oxygen atoms in total. The molecule has 0 aliphatic carbocycles. The van der Waals surface area contributed by atoms with E-state index in [1.807, 2.05) is 68.4 Å². The van der Waals surface area contributed by atoms with Gasteiger partial charge in [0.15, 0.2) is 0 Å². The molecule has 24 heteroatoms. The van der Waals surface area contributed by atoms with Crippen molar-refractivity contribution in [1.29, 1.82) is 0 Å². The van der Waals surface area contributed by atoms with Gasteiger partial charge in [-0.15, -0.1) is 0 Å². The number of likely N-dealkylation sites (N-methyl/N-ethyl adjacent to an activating group) is 1. The number of halogens is 6. The van der Waals surface area contributed by atoms with Crippen LogP contribution in [0.1, 0.15) is 108 Å². The van der Waals surface area contributed by atoms with Crippen molar-refractivity contribution in [3.63, 3.8) is 0 Å². The Bertz CT molecular complexity index is 5830. The zero-order valence-electron chi connectivity index (χ0n) is 65.3. The largest absolute Gasteiger partial charge is 0.351 e. The minimum Gasteiger partial charge on any atom is -0.351 e. The Morgan fingerprint density at radius 3 is 1.06 bits per heavy atom. The highest BCUT2D eigenvalue weighted by Crippen LogP contribution is 2.45. The van der Waals surface area contributed by atoms with Gasteiger partial charge in [0.05, 0.1) is 68.3 Å². The van der Waals surface area contributed by atoms with Crippen LogP contribution in [0.5, 0.6) is 0 Å². The first-order chi connectivity index (χ1) is 57.7. The number of rotatable bonds is 18. The fraction of sp³-hybridized carbons (Fsp3) is 0.158. The molecule has 4 heterocycles. The van der Waals surface area contributed by atoms with Gasteiger partial charge in [-0.05, 0) is 232 Å². The molecule has 0 aromatic heterocycles. The van der Waals surface area contributed by atoms with E-state index >= 15 is 0 Å². The molecule has 1 fully saturated rings. The van der Waals surface area contributed by atoms with Crippen LogP contribution < -0.4 is 41.7 Å². The molecule has 0 atom stereocenters. The molecule has 7 amide bonds. The molecule has 119 heavy (non-hydrogen) atoms. The Kier molecular flexibility index (Phi) is 25.5. The van der Waals surface area contributed by atoms with Crippen LogP contribution in [0.4, 0.5) is 87.1 Å². The number of carbonyl (C=O) groups is 5. The predicted molar refractivity (Wildman–Crippen MR) is 454 cm³/mol. The fourth-order valence-electron chi connectivity index (χ4n) is 14.4. The maximum atomic E-state index is 13.9.